The van der Waals surface area contributed by atoms with Crippen molar-refractivity contribution in [1.82, 2.24) is 0 Å². The Bertz CT molecular complexity index is 1430. The topological polar surface area (TPSA) is 96.3 Å². The maximum atomic E-state index is 13.5. The van der Waals surface area contributed by atoms with E-state index in [4.69, 9.17) is 21.1 Å². The summed E-state index contributed by atoms with van der Waals surface area (Å²) in [5, 5.41) is 22.0. The molecule has 4 rings (SSSR count). The molecule has 3 aromatic carbocycles. The van der Waals surface area contributed by atoms with Crippen LogP contribution in [0.4, 0.5) is 5.69 Å². The van der Waals surface area contributed by atoms with E-state index >= 15 is 0 Å². The summed E-state index contributed by atoms with van der Waals surface area (Å²) in [7, 11) is 3.05. The van der Waals surface area contributed by atoms with Gasteiger partial charge in [0.1, 0.15) is 23.0 Å². The Morgan fingerprint density at radius 1 is 1.00 bits per heavy atom. The van der Waals surface area contributed by atoms with Gasteiger partial charge in [-0.25, -0.2) is 0 Å². The summed E-state index contributed by atoms with van der Waals surface area (Å²) in [5.74, 6) is -0.874. The van der Waals surface area contributed by atoms with Gasteiger partial charge in [0.25, 0.3) is 11.7 Å². The highest BCUT2D eigenvalue weighted by Crippen LogP contribution is 2.45. The number of carbonyl (C=O) groups excluding carboxylic acids is 2. The van der Waals surface area contributed by atoms with Crippen molar-refractivity contribution in [3.05, 3.63) is 87.4 Å². The summed E-state index contributed by atoms with van der Waals surface area (Å²) in [5.41, 5.74) is 2.63. The molecule has 2 N–H and O–H groups in total. The van der Waals surface area contributed by atoms with Gasteiger partial charge in [-0.2, -0.15) is 0 Å². The van der Waals surface area contributed by atoms with E-state index in [-0.39, 0.29) is 28.0 Å². The van der Waals surface area contributed by atoms with Crippen LogP contribution in [0.2, 0.25) is 5.02 Å². The summed E-state index contributed by atoms with van der Waals surface area (Å²) >= 11 is 6.34. The van der Waals surface area contributed by atoms with E-state index in [1.807, 2.05) is 13.8 Å². The Labute approximate surface area is 220 Å². The number of amides is 1. The van der Waals surface area contributed by atoms with E-state index in [2.05, 4.69) is 0 Å². The van der Waals surface area contributed by atoms with Gasteiger partial charge in [0.2, 0.25) is 0 Å². The Kier molecular flexibility index (Phi) is 7.18. The number of methoxy groups -OCH3 is 2. The van der Waals surface area contributed by atoms with Crippen molar-refractivity contribution in [1.29, 1.82) is 0 Å². The van der Waals surface area contributed by atoms with Crippen molar-refractivity contribution in [3.8, 4) is 17.2 Å². The zero-order valence-corrected chi connectivity index (χ0v) is 22.0. The van der Waals surface area contributed by atoms with Crippen LogP contribution < -0.4 is 14.4 Å². The summed E-state index contributed by atoms with van der Waals surface area (Å²) in [6, 6.07) is 13.5. The van der Waals surface area contributed by atoms with Gasteiger partial charge >= 0.3 is 0 Å². The molecule has 0 spiro atoms. The zero-order valence-electron chi connectivity index (χ0n) is 21.2. The third kappa shape index (κ3) is 4.62. The highest BCUT2D eigenvalue weighted by atomic mass is 35.5. The molecule has 0 aromatic heterocycles. The molecule has 1 amide bonds. The molecule has 37 heavy (non-hydrogen) atoms. The third-order valence-electron chi connectivity index (χ3n) is 6.50. The molecule has 192 valence electrons. The van der Waals surface area contributed by atoms with Gasteiger partial charge in [-0.1, -0.05) is 37.6 Å². The SMILES string of the molecule is COc1ccc(N2C(=O)C(=O)/C(=C(/O)c3cc(C(C)C)c(OC)cc3C)C2c2cccc(O)c2)cc1Cl. The largest absolute Gasteiger partial charge is 0.508 e. The van der Waals surface area contributed by atoms with Crippen LogP contribution in [-0.4, -0.2) is 36.1 Å². The second kappa shape index (κ2) is 10.2. The number of aliphatic hydroxyl groups is 1. The molecule has 0 radical (unpaired) electrons. The molecule has 0 saturated carbocycles. The third-order valence-corrected chi connectivity index (χ3v) is 6.79. The number of aliphatic hydroxyl groups excluding tert-OH is 1. The van der Waals surface area contributed by atoms with Crippen molar-refractivity contribution < 1.29 is 29.3 Å². The van der Waals surface area contributed by atoms with Crippen LogP contribution in [0.3, 0.4) is 0 Å². The molecule has 1 saturated heterocycles. The molecule has 0 bridgehead atoms. The number of phenolic OH excluding ortho intramolecular Hbond substituents is 1. The fourth-order valence-corrected chi connectivity index (χ4v) is 4.89. The van der Waals surface area contributed by atoms with Gasteiger partial charge < -0.3 is 19.7 Å². The van der Waals surface area contributed by atoms with Crippen LogP contribution in [0.1, 0.15) is 48.1 Å². The number of phenols is 1. The average molecular weight is 522 g/mol. The lowest BCUT2D eigenvalue weighted by atomic mass is 9.91. The molecule has 1 aliphatic heterocycles. The van der Waals surface area contributed by atoms with Gasteiger partial charge in [-0.15, -0.1) is 0 Å². The summed E-state index contributed by atoms with van der Waals surface area (Å²) in [6.45, 7) is 5.79. The molecule has 1 heterocycles. The first-order valence-corrected chi connectivity index (χ1v) is 12.1. The fraction of sp³-hybridized carbons (Fsp3) is 0.241. The number of hydrogen-bond acceptors (Lipinski definition) is 6. The molecule has 0 aliphatic carbocycles. The van der Waals surface area contributed by atoms with Crippen molar-refractivity contribution in [2.75, 3.05) is 19.1 Å². The smallest absolute Gasteiger partial charge is 0.300 e. The lowest BCUT2D eigenvalue weighted by Crippen LogP contribution is -2.29. The molecule has 8 heteroatoms. The van der Waals surface area contributed by atoms with Gasteiger partial charge in [-0.3, -0.25) is 14.5 Å². The predicted octanol–water partition coefficient (Wildman–Crippen LogP) is 6.12. The number of benzene rings is 3. The standard InChI is InChI=1S/C29H28ClNO6/c1-15(2)20-14-21(16(3)11-24(20)37-5)27(33)25-26(17-7-6-8-19(32)12-17)31(29(35)28(25)34)18-9-10-23(36-4)22(30)13-18/h6-15,26,32-33H,1-5H3/b27-25+. The Balaban J connectivity index is 1.99. The number of aromatic hydroxyl groups is 1. The second-order valence-electron chi connectivity index (χ2n) is 9.15. The summed E-state index contributed by atoms with van der Waals surface area (Å²) in [6.07, 6.45) is 0. The van der Waals surface area contributed by atoms with Crippen LogP contribution >= 0.6 is 11.6 Å². The highest BCUT2D eigenvalue weighted by molar-refractivity contribution is 6.52. The van der Waals surface area contributed by atoms with E-state index in [1.54, 1.807) is 50.4 Å². The maximum Gasteiger partial charge on any atom is 0.300 e. The van der Waals surface area contributed by atoms with Gasteiger partial charge in [0.05, 0.1) is 30.9 Å². The van der Waals surface area contributed by atoms with Gasteiger partial charge in [0.15, 0.2) is 0 Å². The monoisotopic (exact) mass is 521 g/mol. The zero-order chi connectivity index (χ0) is 27.0. The molecule has 1 atom stereocenters. The number of anilines is 1. The van der Waals surface area contributed by atoms with E-state index in [9.17, 15) is 19.8 Å². The molecular formula is C29H28ClNO6. The number of ether oxygens (including phenoxy) is 2. The number of aryl methyl sites for hydroxylation is 1. The van der Waals surface area contributed by atoms with Crippen LogP contribution in [0, 0.1) is 6.92 Å². The highest BCUT2D eigenvalue weighted by Gasteiger charge is 2.47. The molecule has 7 nitrogen and oxygen atoms in total. The minimum Gasteiger partial charge on any atom is -0.508 e. The lowest BCUT2D eigenvalue weighted by molar-refractivity contribution is -0.132. The van der Waals surface area contributed by atoms with E-state index in [0.29, 0.717) is 33.9 Å². The van der Waals surface area contributed by atoms with E-state index in [1.165, 1.54) is 30.2 Å². The Hall–Kier alpha value is -3.97. The quantitative estimate of drug-likeness (QED) is 0.230. The van der Waals surface area contributed by atoms with Crippen LogP contribution in [-0.2, 0) is 9.59 Å². The predicted molar refractivity (Wildman–Crippen MR) is 143 cm³/mol. The number of ketones is 1. The molecule has 1 fully saturated rings. The fourth-order valence-electron chi connectivity index (χ4n) is 4.64. The average Bonchev–Trinajstić information content (AvgIpc) is 3.13. The van der Waals surface area contributed by atoms with Crippen molar-refractivity contribution in [2.24, 2.45) is 0 Å². The normalized spacial score (nSPS) is 16.9. The minimum absolute atomic E-state index is 0.0430. The Morgan fingerprint density at radius 2 is 1.70 bits per heavy atom. The first-order valence-electron chi connectivity index (χ1n) is 11.7. The molecule has 1 unspecified atom stereocenters. The minimum atomic E-state index is -1.01. The number of rotatable bonds is 6. The number of hydrogen-bond donors (Lipinski definition) is 2. The summed E-state index contributed by atoms with van der Waals surface area (Å²) < 4.78 is 10.7. The van der Waals surface area contributed by atoms with Gasteiger partial charge in [-0.05, 0) is 72.0 Å². The summed E-state index contributed by atoms with van der Waals surface area (Å²) in [4.78, 5) is 28.2. The second-order valence-corrected chi connectivity index (χ2v) is 9.55. The van der Waals surface area contributed by atoms with Crippen molar-refractivity contribution in [3.63, 3.8) is 0 Å². The van der Waals surface area contributed by atoms with Crippen LogP contribution in [0.15, 0.2) is 60.2 Å². The number of Topliss-reactive ketones (excluding diaryl/α,β-unsaturated/α-hetero) is 1. The molecule has 1 aliphatic rings. The Morgan fingerprint density at radius 3 is 2.30 bits per heavy atom. The molecule has 3 aromatic rings. The van der Waals surface area contributed by atoms with E-state index in [0.717, 1.165) is 5.56 Å². The van der Waals surface area contributed by atoms with Crippen LogP contribution in [0.5, 0.6) is 17.2 Å². The van der Waals surface area contributed by atoms with E-state index < -0.39 is 17.7 Å². The van der Waals surface area contributed by atoms with Gasteiger partial charge in [0, 0.05) is 11.3 Å². The number of halogens is 1. The van der Waals surface area contributed by atoms with Crippen molar-refractivity contribution in [2.45, 2.75) is 32.7 Å². The lowest BCUT2D eigenvalue weighted by Gasteiger charge is -2.26. The first-order chi connectivity index (χ1) is 17.6. The molecular weight excluding hydrogens is 494 g/mol. The number of nitrogens with zero attached hydrogens (tertiary/aromatic N) is 1. The van der Waals surface area contributed by atoms with Crippen LogP contribution in [0.25, 0.3) is 5.76 Å². The van der Waals surface area contributed by atoms with Crippen molar-refractivity contribution >= 4 is 34.7 Å². The first kappa shape index (κ1) is 26.1. The maximum absolute atomic E-state index is 13.5. The number of carbonyl (C=O) groups is 2.